The number of hydrogen-bond donors (Lipinski definition) is 0. The van der Waals surface area contributed by atoms with E-state index < -0.39 is 17.6 Å². The fourth-order valence-corrected chi connectivity index (χ4v) is 2.19. The topological polar surface area (TPSA) is 44.1 Å². The number of alkyl halides is 1. The van der Waals surface area contributed by atoms with Crippen LogP contribution in [0.5, 0.6) is 0 Å². The zero-order chi connectivity index (χ0) is 14.7. The largest absolute Gasteiger partial charge is 0.466 e. The van der Waals surface area contributed by atoms with Gasteiger partial charge >= 0.3 is 5.97 Å². The van der Waals surface area contributed by atoms with Crippen molar-refractivity contribution in [3.63, 3.8) is 0 Å². The molecule has 0 saturated carbocycles. The van der Waals surface area contributed by atoms with E-state index in [2.05, 4.69) is 4.98 Å². The normalized spacial score (nSPS) is 11.0. The van der Waals surface area contributed by atoms with Crippen LogP contribution in [0.3, 0.4) is 0 Å². The van der Waals surface area contributed by atoms with Crippen molar-refractivity contribution in [1.29, 1.82) is 0 Å². The molecule has 0 bridgehead atoms. The number of carbonyl (C=O) groups excluding carboxylic acids is 1. The van der Waals surface area contributed by atoms with Gasteiger partial charge in [0, 0.05) is 6.54 Å². The van der Waals surface area contributed by atoms with Gasteiger partial charge in [0.2, 0.25) is 0 Å². The zero-order valence-corrected chi connectivity index (χ0v) is 11.6. The highest BCUT2D eigenvalue weighted by Crippen LogP contribution is 2.23. The summed E-state index contributed by atoms with van der Waals surface area (Å²) in [5.74, 6) is -1.94. The van der Waals surface area contributed by atoms with Crippen LogP contribution < -0.4 is 0 Å². The molecule has 1 aromatic carbocycles. The van der Waals surface area contributed by atoms with E-state index in [1.165, 1.54) is 10.6 Å². The summed E-state index contributed by atoms with van der Waals surface area (Å²) in [6, 6.07) is 2.39. The number of halogens is 3. The molecule has 20 heavy (non-hydrogen) atoms. The van der Waals surface area contributed by atoms with E-state index in [1.807, 2.05) is 0 Å². The number of nitrogens with zero attached hydrogens (tertiary/aromatic N) is 2. The van der Waals surface area contributed by atoms with Gasteiger partial charge in [-0.1, -0.05) is 0 Å². The standard InChI is InChI=1S/C13H13ClF2N2O2/c1-2-20-11(19)5-6-18-10(7-14)17-9-4-3-8(15)12(16)13(9)18/h3-4H,2,5-7H2,1H3. The summed E-state index contributed by atoms with van der Waals surface area (Å²) >= 11 is 5.76. The average molecular weight is 303 g/mol. The van der Waals surface area contributed by atoms with Crippen LogP contribution in [0, 0.1) is 11.6 Å². The second-order valence-electron chi connectivity index (χ2n) is 4.10. The number of hydrogen-bond acceptors (Lipinski definition) is 3. The van der Waals surface area contributed by atoms with Crippen LogP contribution >= 0.6 is 11.6 Å². The molecule has 0 fully saturated rings. The number of benzene rings is 1. The third kappa shape index (κ3) is 2.75. The summed E-state index contributed by atoms with van der Waals surface area (Å²) in [6.07, 6.45) is 0.0408. The van der Waals surface area contributed by atoms with E-state index in [-0.39, 0.29) is 31.0 Å². The monoisotopic (exact) mass is 302 g/mol. The first-order valence-electron chi connectivity index (χ1n) is 6.13. The predicted octanol–water partition coefficient (Wildman–Crippen LogP) is 3.01. The van der Waals surface area contributed by atoms with E-state index in [0.717, 1.165) is 6.07 Å². The summed E-state index contributed by atoms with van der Waals surface area (Å²) in [4.78, 5) is 15.5. The summed E-state index contributed by atoms with van der Waals surface area (Å²) in [5, 5.41) is 0. The second kappa shape index (κ2) is 6.17. The van der Waals surface area contributed by atoms with Crippen molar-refractivity contribution in [3.05, 3.63) is 29.6 Å². The number of rotatable bonds is 5. The number of aromatic nitrogens is 2. The maximum absolute atomic E-state index is 13.9. The zero-order valence-electron chi connectivity index (χ0n) is 10.8. The highest BCUT2D eigenvalue weighted by molar-refractivity contribution is 6.16. The molecule has 0 spiro atoms. The number of carbonyl (C=O) groups is 1. The Morgan fingerprint density at radius 1 is 1.45 bits per heavy atom. The lowest BCUT2D eigenvalue weighted by atomic mass is 10.3. The lowest BCUT2D eigenvalue weighted by molar-refractivity contribution is -0.143. The van der Waals surface area contributed by atoms with Gasteiger partial charge < -0.3 is 9.30 Å². The Kier molecular flexibility index (Phi) is 4.54. The SMILES string of the molecule is CCOC(=O)CCn1c(CCl)nc2ccc(F)c(F)c21. The van der Waals surface area contributed by atoms with Gasteiger partial charge in [0.25, 0.3) is 0 Å². The smallest absolute Gasteiger partial charge is 0.307 e. The van der Waals surface area contributed by atoms with Crippen LogP contribution in [0.15, 0.2) is 12.1 Å². The predicted molar refractivity (Wildman–Crippen MR) is 70.5 cm³/mol. The molecule has 7 heteroatoms. The van der Waals surface area contributed by atoms with Crippen molar-refractivity contribution in [2.24, 2.45) is 0 Å². The van der Waals surface area contributed by atoms with Crippen molar-refractivity contribution in [2.45, 2.75) is 25.8 Å². The molecule has 0 aliphatic carbocycles. The third-order valence-corrected chi connectivity index (χ3v) is 3.08. The molecule has 0 atom stereocenters. The van der Waals surface area contributed by atoms with Gasteiger partial charge in [0.15, 0.2) is 11.6 Å². The van der Waals surface area contributed by atoms with Crippen LogP contribution in [0.2, 0.25) is 0 Å². The van der Waals surface area contributed by atoms with Gasteiger partial charge in [-0.2, -0.15) is 0 Å². The van der Waals surface area contributed by atoms with Gasteiger partial charge in [0.1, 0.15) is 11.3 Å². The van der Waals surface area contributed by atoms with Crippen molar-refractivity contribution < 1.29 is 18.3 Å². The van der Waals surface area contributed by atoms with Gasteiger partial charge in [-0.05, 0) is 19.1 Å². The quantitative estimate of drug-likeness (QED) is 0.630. The Morgan fingerprint density at radius 3 is 2.85 bits per heavy atom. The summed E-state index contributed by atoms with van der Waals surface area (Å²) < 4.78 is 33.4. The molecular weight excluding hydrogens is 290 g/mol. The molecule has 0 radical (unpaired) electrons. The lowest BCUT2D eigenvalue weighted by Crippen LogP contribution is -2.11. The van der Waals surface area contributed by atoms with Crippen LogP contribution in [0.1, 0.15) is 19.2 Å². The van der Waals surface area contributed by atoms with Crippen molar-refractivity contribution >= 4 is 28.6 Å². The van der Waals surface area contributed by atoms with Gasteiger partial charge in [-0.3, -0.25) is 4.79 Å². The minimum atomic E-state index is -0.991. The van der Waals surface area contributed by atoms with Gasteiger partial charge in [0.05, 0.1) is 24.4 Å². The Labute approximate surface area is 119 Å². The first kappa shape index (κ1) is 14.7. The first-order valence-corrected chi connectivity index (χ1v) is 6.66. The van der Waals surface area contributed by atoms with Crippen LogP contribution in [0.4, 0.5) is 8.78 Å². The van der Waals surface area contributed by atoms with E-state index in [4.69, 9.17) is 16.3 Å². The van der Waals surface area contributed by atoms with Crippen molar-refractivity contribution in [3.8, 4) is 0 Å². The molecule has 1 aromatic heterocycles. The number of imidazole rings is 1. The fourth-order valence-electron chi connectivity index (χ4n) is 1.98. The van der Waals surface area contributed by atoms with Crippen LogP contribution in [0.25, 0.3) is 11.0 Å². The minimum Gasteiger partial charge on any atom is -0.466 e. The second-order valence-corrected chi connectivity index (χ2v) is 4.36. The Balaban J connectivity index is 2.39. The van der Waals surface area contributed by atoms with E-state index in [9.17, 15) is 13.6 Å². The average Bonchev–Trinajstić information content (AvgIpc) is 2.79. The summed E-state index contributed by atoms with van der Waals surface area (Å²) in [7, 11) is 0. The number of fused-ring (bicyclic) bond motifs is 1. The molecule has 0 aliphatic heterocycles. The Morgan fingerprint density at radius 2 is 2.20 bits per heavy atom. The summed E-state index contributed by atoms with van der Waals surface area (Å²) in [5.41, 5.74) is 0.327. The number of aryl methyl sites for hydroxylation is 1. The molecule has 4 nitrogen and oxygen atoms in total. The fraction of sp³-hybridized carbons (Fsp3) is 0.385. The van der Waals surface area contributed by atoms with E-state index in [1.54, 1.807) is 6.92 Å². The summed E-state index contributed by atoms with van der Waals surface area (Å²) in [6.45, 7) is 2.11. The molecule has 0 unspecified atom stereocenters. The van der Waals surface area contributed by atoms with E-state index in [0.29, 0.717) is 11.3 Å². The van der Waals surface area contributed by atoms with Gasteiger partial charge in [-0.25, -0.2) is 13.8 Å². The highest BCUT2D eigenvalue weighted by atomic mass is 35.5. The maximum atomic E-state index is 13.9. The Bertz CT molecular complexity index is 643. The van der Waals surface area contributed by atoms with Gasteiger partial charge in [-0.15, -0.1) is 11.6 Å². The highest BCUT2D eigenvalue weighted by Gasteiger charge is 2.17. The minimum absolute atomic E-state index is 0.0185. The molecule has 0 amide bonds. The maximum Gasteiger partial charge on any atom is 0.307 e. The van der Waals surface area contributed by atoms with Crippen LogP contribution in [-0.4, -0.2) is 22.1 Å². The lowest BCUT2D eigenvalue weighted by Gasteiger charge is -2.08. The molecule has 108 valence electrons. The third-order valence-electron chi connectivity index (χ3n) is 2.84. The van der Waals surface area contributed by atoms with Crippen molar-refractivity contribution in [1.82, 2.24) is 9.55 Å². The molecule has 0 saturated heterocycles. The molecule has 2 aromatic rings. The molecule has 0 N–H and O–H groups in total. The van der Waals surface area contributed by atoms with Crippen molar-refractivity contribution in [2.75, 3.05) is 6.61 Å². The van der Waals surface area contributed by atoms with E-state index >= 15 is 0 Å². The first-order chi connectivity index (χ1) is 9.58. The molecule has 1 heterocycles. The van der Waals surface area contributed by atoms with Crippen LogP contribution in [-0.2, 0) is 22.0 Å². The number of esters is 1. The molecule has 2 rings (SSSR count). The molecule has 0 aliphatic rings. The molecular formula is C13H13ClF2N2O2. The number of ether oxygens (including phenoxy) is 1. The Hall–Kier alpha value is -1.69.